The maximum absolute atomic E-state index is 4.95. The van der Waals surface area contributed by atoms with Crippen molar-refractivity contribution in [1.29, 1.82) is 0 Å². The Labute approximate surface area is 238 Å². The topological polar surface area (TPSA) is 30.2 Å². The van der Waals surface area contributed by atoms with Crippen LogP contribution in [0.4, 0.5) is 0 Å². The van der Waals surface area contributed by atoms with E-state index in [-0.39, 0.29) is 0 Å². The van der Waals surface area contributed by atoms with Crippen LogP contribution in [0.1, 0.15) is 28.7 Å². The van der Waals surface area contributed by atoms with Gasteiger partial charge in [0.1, 0.15) is 0 Å². The number of imidazole rings is 1. The monoisotopic (exact) mass is 523 g/mol. The van der Waals surface area contributed by atoms with Crippen molar-refractivity contribution in [2.24, 2.45) is 5.92 Å². The Morgan fingerprint density at radius 2 is 1.66 bits per heavy atom. The summed E-state index contributed by atoms with van der Waals surface area (Å²) >= 11 is 0. The third-order valence-corrected chi connectivity index (χ3v) is 8.77. The van der Waals surface area contributed by atoms with Crippen LogP contribution in [0.15, 0.2) is 139 Å². The Hall–Kier alpha value is -5.28. The summed E-state index contributed by atoms with van der Waals surface area (Å²) in [6.07, 6.45) is 21.1. The van der Waals surface area contributed by atoms with E-state index < -0.39 is 0 Å². The first kappa shape index (κ1) is 22.5. The number of aromatic nitrogens is 3. The molecule has 0 spiro atoms. The summed E-state index contributed by atoms with van der Waals surface area (Å²) < 4.78 is 2.08. The normalized spacial score (nSPS) is 18.0. The van der Waals surface area contributed by atoms with Gasteiger partial charge in [0.15, 0.2) is 0 Å². The van der Waals surface area contributed by atoms with Crippen LogP contribution in [0, 0.1) is 5.92 Å². The number of allylic oxidation sites excluding steroid dienone is 11. The largest absolute Gasteiger partial charge is 0.283 e. The van der Waals surface area contributed by atoms with Crippen LogP contribution in [0.5, 0.6) is 0 Å². The number of rotatable bonds is 3. The molecule has 0 N–H and O–H groups in total. The first-order valence-corrected chi connectivity index (χ1v) is 14.2. The average molecular weight is 524 g/mol. The smallest absolute Gasteiger partial charge is 0.234 e. The molecule has 0 fully saturated rings. The second-order valence-corrected chi connectivity index (χ2v) is 11.0. The number of fused-ring (bicyclic) bond motifs is 2. The summed E-state index contributed by atoms with van der Waals surface area (Å²) in [7, 11) is 0. The standard InChI is InChI=1S/C38H25N3/c1-2-8-27(9-3-1)37-36(40-38-39-20-7-21-41(37)38)26-18-16-24(17-19-26)29-22-28-12-6-14-31-30-13-4-10-25-11-5-15-32(34(25)30)33(23-29)35(28)31/h1-12,14-23,35H,13H2. The molecule has 2 heterocycles. The van der Waals surface area contributed by atoms with Crippen LogP contribution < -0.4 is 0 Å². The highest BCUT2D eigenvalue weighted by Gasteiger charge is 2.36. The predicted octanol–water partition coefficient (Wildman–Crippen LogP) is 8.84. The lowest BCUT2D eigenvalue weighted by Gasteiger charge is -2.38. The first-order valence-electron chi connectivity index (χ1n) is 14.2. The zero-order valence-corrected chi connectivity index (χ0v) is 22.3. The lowest BCUT2D eigenvalue weighted by molar-refractivity contribution is 0.937. The summed E-state index contributed by atoms with van der Waals surface area (Å²) in [5, 5.41) is 0. The van der Waals surface area contributed by atoms with E-state index in [1.807, 2.05) is 18.3 Å². The first-order chi connectivity index (χ1) is 20.3. The molecule has 2 aromatic heterocycles. The molecule has 3 heteroatoms. The van der Waals surface area contributed by atoms with E-state index in [1.165, 1.54) is 50.1 Å². The van der Waals surface area contributed by atoms with Crippen LogP contribution in [-0.4, -0.2) is 14.4 Å². The molecule has 0 aliphatic heterocycles. The lowest BCUT2D eigenvalue weighted by Crippen LogP contribution is -2.21. The number of benzene rings is 3. The summed E-state index contributed by atoms with van der Waals surface area (Å²) in [5.74, 6) is 1.02. The van der Waals surface area contributed by atoms with Gasteiger partial charge in [-0.25, -0.2) is 9.97 Å². The van der Waals surface area contributed by atoms with E-state index >= 15 is 0 Å². The van der Waals surface area contributed by atoms with E-state index in [2.05, 4.69) is 119 Å². The Bertz CT molecular complexity index is 2090. The molecule has 3 nitrogen and oxygen atoms in total. The molecule has 0 saturated carbocycles. The van der Waals surface area contributed by atoms with Gasteiger partial charge in [-0.05, 0) is 68.7 Å². The van der Waals surface area contributed by atoms with Gasteiger partial charge in [-0.3, -0.25) is 4.40 Å². The maximum atomic E-state index is 4.95. The molecule has 0 radical (unpaired) electrons. The van der Waals surface area contributed by atoms with Gasteiger partial charge in [0.05, 0.1) is 11.4 Å². The van der Waals surface area contributed by atoms with Crippen LogP contribution >= 0.6 is 0 Å². The summed E-state index contributed by atoms with van der Waals surface area (Å²) in [4.78, 5) is 9.48. The fraction of sp³-hybridized carbons (Fsp3) is 0.0526. The summed E-state index contributed by atoms with van der Waals surface area (Å²) in [6, 6.07) is 28.0. The van der Waals surface area contributed by atoms with Crippen molar-refractivity contribution in [3.63, 3.8) is 0 Å². The van der Waals surface area contributed by atoms with Gasteiger partial charge in [-0.15, -0.1) is 0 Å². The SMILES string of the molecule is C1=CC2=C3CC=Cc4cccc(c43)C3=CC(c4ccc(-c5nc6ncccn6c5-c5ccccc5)cc4)=CC(=C1)C32. The molecule has 4 aliphatic carbocycles. The lowest BCUT2D eigenvalue weighted by atomic mass is 9.65. The molecule has 3 aromatic carbocycles. The molecule has 0 amide bonds. The maximum Gasteiger partial charge on any atom is 0.234 e. The fourth-order valence-corrected chi connectivity index (χ4v) is 7.00. The molecule has 41 heavy (non-hydrogen) atoms. The van der Waals surface area contributed by atoms with Gasteiger partial charge in [0.25, 0.3) is 0 Å². The zero-order chi connectivity index (χ0) is 26.9. The van der Waals surface area contributed by atoms with Gasteiger partial charge in [0.2, 0.25) is 5.78 Å². The molecule has 4 aliphatic rings. The van der Waals surface area contributed by atoms with Gasteiger partial charge < -0.3 is 0 Å². The van der Waals surface area contributed by atoms with Crippen molar-refractivity contribution >= 4 is 28.6 Å². The predicted molar refractivity (Wildman–Crippen MR) is 168 cm³/mol. The molecule has 1 atom stereocenters. The minimum atomic E-state index is 0.311. The molecule has 9 rings (SSSR count). The van der Waals surface area contributed by atoms with E-state index in [0.717, 1.165) is 28.9 Å². The van der Waals surface area contributed by atoms with Gasteiger partial charge in [-0.1, -0.05) is 109 Å². The number of nitrogens with zero attached hydrogens (tertiary/aromatic N) is 3. The van der Waals surface area contributed by atoms with Crippen LogP contribution in [-0.2, 0) is 0 Å². The molecule has 192 valence electrons. The van der Waals surface area contributed by atoms with E-state index in [4.69, 9.17) is 4.98 Å². The summed E-state index contributed by atoms with van der Waals surface area (Å²) in [5.41, 5.74) is 16.5. The van der Waals surface area contributed by atoms with Crippen molar-refractivity contribution < 1.29 is 0 Å². The van der Waals surface area contributed by atoms with Gasteiger partial charge in [0, 0.05) is 29.4 Å². The second-order valence-electron chi connectivity index (χ2n) is 11.0. The van der Waals surface area contributed by atoms with Crippen molar-refractivity contribution in [3.8, 4) is 22.5 Å². The highest BCUT2D eigenvalue weighted by molar-refractivity contribution is 6.02. The Balaban J connectivity index is 1.16. The van der Waals surface area contributed by atoms with Crippen LogP contribution in [0.3, 0.4) is 0 Å². The van der Waals surface area contributed by atoms with Crippen molar-refractivity contribution in [3.05, 3.63) is 161 Å². The fourth-order valence-electron chi connectivity index (χ4n) is 7.00. The minimum Gasteiger partial charge on any atom is -0.283 e. The number of hydrogen-bond donors (Lipinski definition) is 0. The third kappa shape index (κ3) is 3.33. The second kappa shape index (κ2) is 8.61. The van der Waals surface area contributed by atoms with E-state index in [9.17, 15) is 0 Å². The van der Waals surface area contributed by atoms with Crippen LogP contribution in [0.25, 0.3) is 51.1 Å². The Morgan fingerprint density at radius 1 is 0.780 bits per heavy atom. The molecule has 5 aromatic rings. The highest BCUT2D eigenvalue weighted by Crippen LogP contribution is 2.53. The Kier molecular flexibility index (Phi) is 4.73. The molecule has 0 saturated heterocycles. The summed E-state index contributed by atoms with van der Waals surface area (Å²) in [6.45, 7) is 0. The van der Waals surface area contributed by atoms with Gasteiger partial charge >= 0.3 is 0 Å². The minimum absolute atomic E-state index is 0.311. The zero-order valence-electron chi connectivity index (χ0n) is 22.3. The average Bonchev–Trinajstić information content (AvgIpc) is 3.43. The van der Waals surface area contributed by atoms with Crippen molar-refractivity contribution in [2.75, 3.05) is 0 Å². The third-order valence-electron chi connectivity index (χ3n) is 8.77. The van der Waals surface area contributed by atoms with Crippen molar-refractivity contribution in [1.82, 2.24) is 14.4 Å². The van der Waals surface area contributed by atoms with E-state index in [1.54, 1.807) is 6.20 Å². The number of hydrogen-bond acceptors (Lipinski definition) is 2. The molecular weight excluding hydrogens is 498 g/mol. The van der Waals surface area contributed by atoms with Crippen molar-refractivity contribution in [2.45, 2.75) is 6.42 Å². The Morgan fingerprint density at radius 3 is 2.56 bits per heavy atom. The molecular formula is C38H25N3. The van der Waals surface area contributed by atoms with Gasteiger partial charge in [-0.2, -0.15) is 0 Å². The molecule has 0 bridgehead atoms. The molecule has 1 unspecified atom stereocenters. The van der Waals surface area contributed by atoms with E-state index in [0.29, 0.717) is 11.7 Å². The quantitative estimate of drug-likeness (QED) is 0.236. The highest BCUT2D eigenvalue weighted by atomic mass is 15.1. The van der Waals surface area contributed by atoms with Crippen LogP contribution in [0.2, 0.25) is 0 Å².